The van der Waals surface area contributed by atoms with Crippen LogP contribution in [0.4, 0.5) is 0 Å². The minimum atomic E-state index is -1.04. The molecule has 7 heteroatoms. The van der Waals surface area contributed by atoms with E-state index in [0.717, 1.165) is 17.2 Å². The summed E-state index contributed by atoms with van der Waals surface area (Å²) in [4.78, 5) is 14.9. The van der Waals surface area contributed by atoms with Crippen LogP contribution in [-0.2, 0) is 11.4 Å². The summed E-state index contributed by atoms with van der Waals surface area (Å²) < 4.78 is 11.5. The molecule has 0 saturated carbocycles. The molecule has 1 N–H and O–H groups in total. The Hall–Kier alpha value is -3.02. The number of nitrogens with zero attached hydrogens (tertiary/aromatic N) is 1. The lowest BCUT2D eigenvalue weighted by Crippen LogP contribution is -1.97. The number of aromatic nitrogens is 1. The molecule has 148 valence electrons. The zero-order chi connectivity index (χ0) is 20.8. The van der Waals surface area contributed by atoms with Gasteiger partial charge < -0.3 is 14.6 Å². The highest BCUT2D eigenvalue weighted by Gasteiger charge is 2.08. The van der Waals surface area contributed by atoms with Gasteiger partial charge in [0.15, 0.2) is 0 Å². The molecule has 3 aromatic rings. The van der Waals surface area contributed by atoms with Crippen LogP contribution in [-0.4, -0.2) is 16.1 Å². The van der Waals surface area contributed by atoms with E-state index in [1.807, 2.05) is 31.2 Å². The lowest BCUT2D eigenvalue weighted by atomic mass is 10.1. The van der Waals surface area contributed by atoms with E-state index in [-0.39, 0.29) is 0 Å². The number of hydrogen-bond acceptors (Lipinski definition) is 4. The average molecular weight is 430 g/mol. The topological polar surface area (TPSA) is 68.7 Å². The molecule has 3 rings (SSSR count). The monoisotopic (exact) mass is 429 g/mol. The Bertz CT molecular complexity index is 1050. The second-order valence-electron chi connectivity index (χ2n) is 6.13. The number of carboxylic acid groups (broad SMARTS) is 1. The molecule has 0 fully saturated rings. The van der Waals surface area contributed by atoms with Gasteiger partial charge in [0.25, 0.3) is 0 Å². The molecule has 0 spiro atoms. The summed E-state index contributed by atoms with van der Waals surface area (Å²) in [5.74, 6) is 0.448. The molecule has 0 aliphatic rings. The smallest absolute Gasteiger partial charge is 0.328 e. The fourth-order valence-corrected chi connectivity index (χ4v) is 2.89. The summed E-state index contributed by atoms with van der Waals surface area (Å²) >= 11 is 12.3. The van der Waals surface area contributed by atoms with Crippen molar-refractivity contribution in [2.24, 2.45) is 0 Å². The van der Waals surface area contributed by atoms with E-state index < -0.39 is 5.97 Å². The molecule has 0 aliphatic heterocycles. The number of aryl methyl sites for hydroxylation is 1. The first-order chi connectivity index (χ1) is 13.9. The summed E-state index contributed by atoms with van der Waals surface area (Å²) in [6.07, 6.45) is 4.03. The lowest BCUT2D eigenvalue weighted by Gasteiger charge is -2.11. The Balaban J connectivity index is 1.67. The Kier molecular flexibility index (Phi) is 6.75. The summed E-state index contributed by atoms with van der Waals surface area (Å²) in [7, 11) is 0. The molecule has 0 aliphatic carbocycles. The van der Waals surface area contributed by atoms with Crippen molar-refractivity contribution in [2.75, 3.05) is 0 Å². The summed E-state index contributed by atoms with van der Waals surface area (Å²) in [5.41, 5.74) is 2.27. The van der Waals surface area contributed by atoms with E-state index in [0.29, 0.717) is 39.6 Å². The van der Waals surface area contributed by atoms with E-state index in [1.54, 1.807) is 30.5 Å². The first-order valence-corrected chi connectivity index (χ1v) is 9.39. The van der Waals surface area contributed by atoms with Crippen molar-refractivity contribution in [3.8, 4) is 17.4 Å². The second kappa shape index (κ2) is 9.45. The molecule has 0 amide bonds. The van der Waals surface area contributed by atoms with Crippen LogP contribution < -0.4 is 9.47 Å². The normalized spacial score (nSPS) is 10.9. The highest BCUT2D eigenvalue weighted by atomic mass is 35.5. The maximum atomic E-state index is 10.7. The molecular formula is C22H17Cl2NO4. The SMILES string of the molecule is Cc1cc(C=CC(=O)O)c(Cl)cc1Oc1ccc(OCc2ccccc2Cl)cn1. The standard InChI is InChI=1S/C22H17Cl2NO4/c1-14-10-15(6-9-22(26)27)19(24)11-20(14)29-21-8-7-17(12-25-21)28-13-16-4-2-3-5-18(16)23/h2-12H,13H2,1H3,(H,26,27). The maximum absolute atomic E-state index is 10.7. The molecule has 0 bridgehead atoms. The third-order valence-electron chi connectivity index (χ3n) is 3.98. The summed E-state index contributed by atoms with van der Waals surface area (Å²) in [5, 5.41) is 9.77. The Morgan fingerprint density at radius 2 is 1.93 bits per heavy atom. The number of hydrogen-bond donors (Lipinski definition) is 1. The van der Waals surface area contributed by atoms with Crippen LogP contribution >= 0.6 is 23.2 Å². The Labute approximate surface area is 178 Å². The van der Waals surface area contributed by atoms with Gasteiger partial charge in [0.1, 0.15) is 18.1 Å². The molecule has 1 aromatic heterocycles. The number of aliphatic carboxylic acids is 1. The fourth-order valence-electron chi connectivity index (χ4n) is 2.49. The van der Waals surface area contributed by atoms with Gasteiger partial charge in [-0.15, -0.1) is 0 Å². The number of ether oxygens (including phenoxy) is 2. The van der Waals surface area contributed by atoms with E-state index in [9.17, 15) is 4.79 Å². The highest BCUT2D eigenvalue weighted by Crippen LogP contribution is 2.31. The van der Waals surface area contributed by atoms with Crippen LogP contribution in [0.1, 0.15) is 16.7 Å². The first-order valence-electron chi connectivity index (χ1n) is 8.63. The van der Waals surface area contributed by atoms with Gasteiger partial charge in [-0.1, -0.05) is 41.4 Å². The lowest BCUT2D eigenvalue weighted by molar-refractivity contribution is -0.131. The molecule has 0 radical (unpaired) electrons. The number of carbonyl (C=O) groups is 1. The predicted molar refractivity (Wildman–Crippen MR) is 113 cm³/mol. The second-order valence-corrected chi connectivity index (χ2v) is 6.94. The van der Waals surface area contributed by atoms with Crippen LogP contribution in [0.15, 0.2) is 60.8 Å². The van der Waals surface area contributed by atoms with E-state index in [4.69, 9.17) is 37.8 Å². The average Bonchev–Trinajstić information content (AvgIpc) is 2.70. The number of benzene rings is 2. The zero-order valence-corrected chi connectivity index (χ0v) is 16.9. The van der Waals surface area contributed by atoms with Crippen LogP contribution in [0.3, 0.4) is 0 Å². The number of halogens is 2. The predicted octanol–water partition coefficient (Wildman–Crippen LogP) is 6.17. The van der Waals surface area contributed by atoms with Crippen molar-refractivity contribution in [3.63, 3.8) is 0 Å². The van der Waals surface area contributed by atoms with Gasteiger partial charge in [0, 0.05) is 28.8 Å². The molecule has 0 unspecified atom stereocenters. The molecule has 29 heavy (non-hydrogen) atoms. The molecule has 0 atom stereocenters. The van der Waals surface area contributed by atoms with Crippen LogP contribution in [0.25, 0.3) is 6.08 Å². The Morgan fingerprint density at radius 3 is 2.62 bits per heavy atom. The van der Waals surface area contributed by atoms with E-state index >= 15 is 0 Å². The van der Waals surface area contributed by atoms with Gasteiger partial charge in [-0.3, -0.25) is 0 Å². The van der Waals surface area contributed by atoms with E-state index in [1.165, 1.54) is 6.08 Å². The largest absolute Gasteiger partial charge is 0.487 e. The van der Waals surface area contributed by atoms with Gasteiger partial charge in [-0.25, -0.2) is 9.78 Å². The molecular weight excluding hydrogens is 413 g/mol. The third-order valence-corrected chi connectivity index (χ3v) is 4.67. The maximum Gasteiger partial charge on any atom is 0.328 e. The van der Waals surface area contributed by atoms with Gasteiger partial charge in [0.05, 0.1) is 11.2 Å². The minimum Gasteiger partial charge on any atom is -0.487 e. The Morgan fingerprint density at radius 1 is 1.14 bits per heavy atom. The van der Waals surface area contributed by atoms with Crippen molar-refractivity contribution in [1.29, 1.82) is 0 Å². The quantitative estimate of drug-likeness (QED) is 0.455. The number of rotatable bonds is 7. The molecule has 5 nitrogen and oxygen atoms in total. The van der Waals surface area contributed by atoms with Crippen LogP contribution in [0.5, 0.6) is 17.4 Å². The third kappa shape index (κ3) is 5.73. The first kappa shape index (κ1) is 20.7. The van der Waals surface area contributed by atoms with Crippen molar-refractivity contribution in [1.82, 2.24) is 4.98 Å². The van der Waals surface area contributed by atoms with E-state index in [2.05, 4.69) is 4.98 Å². The van der Waals surface area contributed by atoms with Crippen LogP contribution in [0.2, 0.25) is 10.0 Å². The van der Waals surface area contributed by atoms with Crippen molar-refractivity contribution in [3.05, 3.63) is 87.5 Å². The highest BCUT2D eigenvalue weighted by molar-refractivity contribution is 6.32. The zero-order valence-electron chi connectivity index (χ0n) is 15.4. The summed E-state index contributed by atoms with van der Waals surface area (Å²) in [6, 6.07) is 14.3. The number of pyridine rings is 1. The fraction of sp³-hybridized carbons (Fsp3) is 0.0909. The van der Waals surface area contributed by atoms with Gasteiger partial charge in [-0.2, -0.15) is 0 Å². The summed E-state index contributed by atoms with van der Waals surface area (Å²) in [6.45, 7) is 2.17. The van der Waals surface area contributed by atoms with Gasteiger partial charge in [-0.05, 0) is 42.3 Å². The minimum absolute atomic E-state index is 0.335. The molecule has 1 heterocycles. The van der Waals surface area contributed by atoms with Crippen LogP contribution in [0, 0.1) is 6.92 Å². The molecule has 2 aromatic carbocycles. The number of carboxylic acids is 1. The van der Waals surface area contributed by atoms with Crippen molar-refractivity contribution >= 4 is 35.2 Å². The van der Waals surface area contributed by atoms with Gasteiger partial charge >= 0.3 is 5.97 Å². The van der Waals surface area contributed by atoms with Gasteiger partial charge in [0.2, 0.25) is 5.88 Å². The molecule has 0 saturated heterocycles. The van der Waals surface area contributed by atoms with Crippen molar-refractivity contribution < 1.29 is 19.4 Å². The van der Waals surface area contributed by atoms with Crippen molar-refractivity contribution in [2.45, 2.75) is 13.5 Å².